The van der Waals surface area contributed by atoms with Crippen LogP contribution in [0.15, 0.2) is 12.1 Å². The molecule has 1 aromatic carbocycles. The van der Waals surface area contributed by atoms with E-state index in [1.165, 1.54) is 0 Å². The fourth-order valence-electron chi connectivity index (χ4n) is 0.982. The zero-order valence-corrected chi connectivity index (χ0v) is 8.20. The zero-order chi connectivity index (χ0) is 11.3. The first kappa shape index (κ1) is 11.6. The molecule has 0 heterocycles. The fraction of sp³-hybridized carbons (Fsp3) is 0.273. The van der Waals surface area contributed by atoms with Gasteiger partial charge in [0.2, 0.25) is 0 Å². The van der Waals surface area contributed by atoms with E-state index in [-0.39, 0.29) is 0 Å². The van der Waals surface area contributed by atoms with Gasteiger partial charge in [0.15, 0.2) is 0 Å². The van der Waals surface area contributed by atoms with Crippen LogP contribution in [0, 0.1) is 29.3 Å². The van der Waals surface area contributed by atoms with Crippen LogP contribution in [0.2, 0.25) is 0 Å². The average Bonchev–Trinajstić information content (AvgIpc) is 2.15. The third-order valence-corrected chi connectivity index (χ3v) is 1.68. The maximum atomic E-state index is 13.0. The van der Waals surface area contributed by atoms with Gasteiger partial charge in [0.05, 0.1) is 12.1 Å². The predicted octanol–water partition coefficient (Wildman–Crippen LogP) is 2.06. The van der Waals surface area contributed by atoms with Crippen LogP contribution in [0.25, 0.3) is 0 Å². The maximum Gasteiger partial charge on any atom is 0.144 e. The van der Waals surface area contributed by atoms with Gasteiger partial charge in [-0.3, -0.25) is 0 Å². The highest BCUT2D eigenvalue weighted by Gasteiger charge is 2.08. The number of halogens is 3. The van der Waals surface area contributed by atoms with Gasteiger partial charge in [0, 0.05) is 12.1 Å². The summed E-state index contributed by atoms with van der Waals surface area (Å²) in [6.07, 6.45) is 0. The Morgan fingerprint density at radius 1 is 1.20 bits per heavy atom. The van der Waals surface area contributed by atoms with E-state index < -0.39 is 23.0 Å². The van der Waals surface area contributed by atoms with E-state index in [2.05, 4.69) is 17.2 Å². The summed E-state index contributed by atoms with van der Waals surface area (Å²) in [6, 6.07) is 1.22. The molecule has 0 amide bonds. The zero-order valence-electron chi connectivity index (χ0n) is 8.20. The van der Waals surface area contributed by atoms with Crippen LogP contribution in [0.1, 0.15) is 12.5 Å². The van der Waals surface area contributed by atoms with E-state index in [0.29, 0.717) is 18.7 Å². The normalized spacial score (nSPS) is 9.60. The molecule has 1 rings (SSSR count). The minimum Gasteiger partial charge on any atom is -0.306 e. The average molecular weight is 213 g/mol. The summed E-state index contributed by atoms with van der Waals surface area (Å²) in [5.74, 6) is 1.96. The van der Waals surface area contributed by atoms with Crippen molar-refractivity contribution in [2.45, 2.75) is 6.92 Å². The molecule has 0 aromatic heterocycles. The number of hydrogen-bond donors (Lipinski definition) is 1. The van der Waals surface area contributed by atoms with Gasteiger partial charge in [0.25, 0.3) is 0 Å². The van der Waals surface area contributed by atoms with Gasteiger partial charge in [-0.2, -0.15) is 0 Å². The minimum atomic E-state index is -0.975. The second kappa shape index (κ2) is 5.42. The van der Waals surface area contributed by atoms with Crippen molar-refractivity contribution in [1.82, 2.24) is 5.32 Å². The van der Waals surface area contributed by atoms with Crippen molar-refractivity contribution in [3.8, 4) is 11.8 Å². The Bertz CT molecular complexity index is 381. The third kappa shape index (κ3) is 3.30. The molecule has 0 saturated carbocycles. The number of rotatable bonds is 2. The van der Waals surface area contributed by atoms with Gasteiger partial charge in [0.1, 0.15) is 17.5 Å². The van der Waals surface area contributed by atoms with Crippen LogP contribution in [-0.2, 0) is 0 Å². The second-order valence-electron chi connectivity index (χ2n) is 2.83. The lowest BCUT2D eigenvalue weighted by Gasteiger charge is -1.97. The van der Waals surface area contributed by atoms with Crippen molar-refractivity contribution < 1.29 is 13.2 Å². The Balaban J connectivity index is 2.88. The van der Waals surface area contributed by atoms with Gasteiger partial charge in [-0.05, 0) is 6.54 Å². The molecule has 1 N–H and O–H groups in total. The van der Waals surface area contributed by atoms with Crippen LogP contribution in [0.5, 0.6) is 0 Å². The third-order valence-electron chi connectivity index (χ3n) is 1.68. The highest BCUT2D eigenvalue weighted by Crippen LogP contribution is 2.12. The van der Waals surface area contributed by atoms with Crippen LogP contribution in [0.4, 0.5) is 13.2 Å². The fourth-order valence-corrected chi connectivity index (χ4v) is 0.982. The van der Waals surface area contributed by atoms with Crippen molar-refractivity contribution in [3.63, 3.8) is 0 Å². The lowest BCUT2D eigenvalue weighted by Crippen LogP contribution is -2.12. The standard InChI is InChI=1S/C11H10F3N/c1-2-15-5-3-4-9-10(13)6-8(12)7-11(9)14/h6-7,15H,2,5H2,1H3. The Labute approximate surface area is 86.3 Å². The van der Waals surface area contributed by atoms with Crippen LogP contribution >= 0.6 is 0 Å². The van der Waals surface area contributed by atoms with Crippen LogP contribution < -0.4 is 5.32 Å². The SMILES string of the molecule is CCNCC#Cc1c(F)cc(F)cc1F. The first-order chi connectivity index (χ1) is 7.15. The molecule has 0 unspecified atom stereocenters. The number of nitrogens with one attached hydrogen (secondary N) is 1. The number of hydrogen-bond acceptors (Lipinski definition) is 1. The molecule has 15 heavy (non-hydrogen) atoms. The first-order valence-electron chi connectivity index (χ1n) is 4.49. The van der Waals surface area contributed by atoms with Crippen molar-refractivity contribution >= 4 is 0 Å². The van der Waals surface area contributed by atoms with Gasteiger partial charge in [-0.25, -0.2) is 13.2 Å². The van der Waals surface area contributed by atoms with Crippen molar-refractivity contribution in [1.29, 1.82) is 0 Å². The van der Waals surface area contributed by atoms with E-state index in [9.17, 15) is 13.2 Å². The van der Waals surface area contributed by atoms with Crippen molar-refractivity contribution in [3.05, 3.63) is 35.1 Å². The highest BCUT2D eigenvalue weighted by molar-refractivity contribution is 5.37. The second-order valence-corrected chi connectivity index (χ2v) is 2.83. The highest BCUT2D eigenvalue weighted by atomic mass is 19.1. The summed E-state index contributed by atoms with van der Waals surface area (Å²) in [6.45, 7) is 2.95. The summed E-state index contributed by atoms with van der Waals surface area (Å²) < 4.78 is 38.5. The van der Waals surface area contributed by atoms with Gasteiger partial charge in [-0.15, -0.1) is 0 Å². The largest absolute Gasteiger partial charge is 0.306 e. The minimum absolute atomic E-state index is 0.340. The van der Waals surface area contributed by atoms with Crippen LogP contribution in [-0.4, -0.2) is 13.1 Å². The topological polar surface area (TPSA) is 12.0 Å². The molecule has 0 bridgehead atoms. The molecule has 1 nitrogen and oxygen atoms in total. The Morgan fingerprint density at radius 3 is 2.33 bits per heavy atom. The monoisotopic (exact) mass is 213 g/mol. The van der Waals surface area contributed by atoms with Crippen molar-refractivity contribution in [2.24, 2.45) is 0 Å². The van der Waals surface area contributed by atoms with Crippen molar-refractivity contribution in [2.75, 3.05) is 13.1 Å². The lowest BCUT2D eigenvalue weighted by molar-refractivity contribution is 0.539. The molecule has 80 valence electrons. The molecule has 0 atom stereocenters. The summed E-state index contributed by atoms with van der Waals surface area (Å²) in [4.78, 5) is 0. The Morgan fingerprint density at radius 2 is 1.80 bits per heavy atom. The Hall–Kier alpha value is -1.47. The molecule has 0 radical (unpaired) electrons. The quantitative estimate of drug-likeness (QED) is 0.585. The molecule has 0 aliphatic rings. The van der Waals surface area contributed by atoms with Gasteiger partial charge in [-0.1, -0.05) is 18.8 Å². The molecule has 0 fully saturated rings. The molecular weight excluding hydrogens is 203 g/mol. The van der Waals surface area contributed by atoms with Gasteiger partial charge < -0.3 is 5.32 Å². The molecular formula is C11H10F3N. The van der Waals surface area contributed by atoms with E-state index in [0.717, 1.165) is 6.54 Å². The van der Waals surface area contributed by atoms with Crippen LogP contribution in [0.3, 0.4) is 0 Å². The first-order valence-corrected chi connectivity index (χ1v) is 4.49. The summed E-state index contributed by atoms with van der Waals surface area (Å²) in [7, 11) is 0. The predicted molar refractivity (Wildman–Crippen MR) is 51.7 cm³/mol. The maximum absolute atomic E-state index is 13.0. The summed E-state index contributed by atoms with van der Waals surface area (Å²) >= 11 is 0. The summed E-state index contributed by atoms with van der Waals surface area (Å²) in [5, 5.41) is 2.88. The molecule has 0 aliphatic heterocycles. The molecule has 4 heteroatoms. The van der Waals surface area contributed by atoms with E-state index in [1.807, 2.05) is 6.92 Å². The van der Waals surface area contributed by atoms with E-state index in [4.69, 9.17) is 0 Å². The molecule has 0 aliphatic carbocycles. The Kier molecular flexibility index (Phi) is 4.19. The molecule has 1 aromatic rings. The molecule has 0 spiro atoms. The van der Waals surface area contributed by atoms with Gasteiger partial charge >= 0.3 is 0 Å². The lowest BCUT2D eigenvalue weighted by atomic mass is 10.2. The molecule has 0 saturated heterocycles. The van der Waals surface area contributed by atoms with E-state index in [1.54, 1.807) is 0 Å². The van der Waals surface area contributed by atoms with E-state index >= 15 is 0 Å². The summed E-state index contributed by atoms with van der Waals surface area (Å²) in [5.41, 5.74) is -0.394. The number of benzene rings is 1. The smallest absolute Gasteiger partial charge is 0.144 e.